The molecule has 0 heterocycles. The molecule has 0 aromatic heterocycles. The van der Waals surface area contributed by atoms with Gasteiger partial charge in [0.05, 0.1) is 20.6 Å². The van der Waals surface area contributed by atoms with E-state index in [1.807, 2.05) is 0 Å². The van der Waals surface area contributed by atoms with Crippen LogP contribution in [0.2, 0.25) is 15.1 Å². The van der Waals surface area contributed by atoms with Gasteiger partial charge in [-0.3, -0.25) is 4.79 Å². The Hall–Kier alpha value is -0.970. The number of hydrogen-bond acceptors (Lipinski definition) is 3. The maximum Gasteiger partial charge on any atom is 0.341 e. The van der Waals surface area contributed by atoms with Crippen molar-refractivity contribution in [3.8, 4) is 0 Å². The standard InChI is InChI=1S/C10H8Cl3NO3/c1-14-7(15)4-17-10(16)8-5(11)2-3-6(12)9(8)13/h2-3H,4H2,1H3,(H,14,15). The van der Waals surface area contributed by atoms with Gasteiger partial charge in [-0.2, -0.15) is 0 Å². The molecule has 0 saturated carbocycles. The molecule has 0 bridgehead atoms. The zero-order valence-electron chi connectivity index (χ0n) is 8.72. The van der Waals surface area contributed by atoms with Crippen molar-refractivity contribution in [2.75, 3.05) is 13.7 Å². The normalized spacial score (nSPS) is 9.88. The first-order valence-corrected chi connectivity index (χ1v) is 5.62. The Kier molecular flexibility index (Phi) is 5.05. The Morgan fingerprint density at radius 1 is 1.24 bits per heavy atom. The average Bonchev–Trinajstić information content (AvgIpc) is 2.31. The number of carbonyl (C=O) groups excluding carboxylic acids is 2. The summed E-state index contributed by atoms with van der Waals surface area (Å²) in [4.78, 5) is 22.5. The fraction of sp³-hybridized carbons (Fsp3) is 0.200. The van der Waals surface area contributed by atoms with Crippen LogP contribution in [-0.4, -0.2) is 25.5 Å². The van der Waals surface area contributed by atoms with E-state index >= 15 is 0 Å². The lowest BCUT2D eigenvalue weighted by atomic mass is 10.2. The zero-order valence-corrected chi connectivity index (χ0v) is 11.0. The van der Waals surface area contributed by atoms with Gasteiger partial charge >= 0.3 is 5.97 Å². The Morgan fingerprint density at radius 3 is 2.41 bits per heavy atom. The number of ether oxygens (including phenoxy) is 1. The van der Waals surface area contributed by atoms with Gasteiger partial charge in [-0.1, -0.05) is 34.8 Å². The maximum atomic E-state index is 11.6. The predicted octanol–water partition coefficient (Wildman–Crippen LogP) is 2.55. The highest BCUT2D eigenvalue weighted by molar-refractivity contribution is 6.46. The van der Waals surface area contributed by atoms with Gasteiger partial charge in [-0.25, -0.2) is 4.79 Å². The van der Waals surface area contributed by atoms with Crippen LogP contribution in [0.4, 0.5) is 0 Å². The van der Waals surface area contributed by atoms with Crippen molar-refractivity contribution in [3.05, 3.63) is 32.8 Å². The Labute approximate surface area is 113 Å². The highest BCUT2D eigenvalue weighted by Crippen LogP contribution is 2.31. The monoisotopic (exact) mass is 295 g/mol. The fourth-order valence-electron chi connectivity index (χ4n) is 0.990. The Bertz CT molecular complexity index is 462. The summed E-state index contributed by atoms with van der Waals surface area (Å²) in [6, 6.07) is 2.88. The summed E-state index contributed by atoms with van der Waals surface area (Å²) in [7, 11) is 1.43. The predicted molar refractivity (Wildman–Crippen MR) is 65.8 cm³/mol. The summed E-state index contributed by atoms with van der Waals surface area (Å²) < 4.78 is 4.72. The number of hydrogen-bond donors (Lipinski definition) is 1. The first kappa shape index (κ1) is 14.1. The fourth-order valence-corrected chi connectivity index (χ4v) is 1.67. The molecule has 17 heavy (non-hydrogen) atoms. The van der Waals surface area contributed by atoms with Crippen LogP contribution in [0.1, 0.15) is 10.4 Å². The molecular formula is C10H8Cl3NO3. The van der Waals surface area contributed by atoms with Crippen LogP contribution in [0.5, 0.6) is 0 Å². The van der Waals surface area contributed by atoms with Crippen molar-refractivity contribution < 1.29 is 14.3 Å². The van der Waals surface area contributed by atoms with Gasteiger partial charge in [0, 0.05) is 7.05 Å². The lowest BCUT2D eigenvalue weighted by Crippen LogP contribution is -2.25. The summed E-state index contributed by atoms with van der Waals surface area (Å²) >= 11 is 17.4. The molecule has 0 unspecified atom stereocenters. The molecule has 1 aromatic carbocycles. The van der Waals surface area contributed by atoms with Crippen molar-refractivity contribution in [2.45, 2.75) is 0 Å². The summed E-state index contributed by atoms with van der Waals surface area (Å²) in [5, 5.41) is 2.60. The molecule has 4 nitrogen and oxygen atoms in total. The highest BCUT2D eigenvalue weighted by atomic mass is 35.5. The minimum Gasteiger partial charge on any atom is -0.452 e. The van der Waals surface area contributed by atoms with Crippen molar-refractivity contribution >= 4 is 46.7 Å². The molecule has 0 aliphatic carbocycles. The molecule has 0 radical (unpaired) electrons. The molecule has 0 aliphatic rings. The first-order chi connectivity index (χ1) is 7.97. The van der Waals surface area contributed by atoms with E-state index in [9.17, 15) is 9.59 Å². The molecule has 1 rings (SSSR count). The van der Waals surface area contributed by atoms with E-state index in [1.54, 1.807) is 0 Å². The first-order valence-electron chi connectivity index (χ1n) is 4.48. The van der Waals surface area contributed by atoms with Crippen molar-refractivity contribution in [3.63, 3.8) is 0 Å². The second kappa shape index (κ2) is 6.10. The number of rotatable bonds is 3. The summed E-state index contributed by atoms with van der Waals surface area (Å²) in [6.45, 7) is -0.408. The number of benzene rings is 1. The molecular weight excluding hydrogens is 288 g/mol. The third kappa shape index (κ3) is 3.49. The number of halogens is 3. The number of esters is 1. The largest absolute Gasteiger partial charge is 0.452 e. The van der Waals surface area contributed by atoms with E-state index in [-0.39, 0.29) is 20.6 Å². The second-order valence-corrected chi connectivity index (χ2v) is 4.16. The number of likely N-dealkylation sites (N-methyl/N-ethyl adjacent to an activating group) is 1. The highest BCUT2D eigenvalue weighted by Gasteiger charge is 2.19. The zero-order chi connectivity index (χ0) is 13.0. The topological polar surface area (TPSA) is 55.4 Å². The lowest BCUT2D eigenvalue weighted by Gasteiger charge is -2.08. The summed E-state index contributed by atoms with van der Waals surface area (Å²) in [5.41, 5.74) is -0.0512. The third-order valence-electron chi connectivity index (χ3n) is 1.86. The van der Waals surface area contributed by atoms with Crippen molar-refractivity contribution in [1.82, 2.24) is 5.32 Å². The van der Waals surface area contributed by atoms with Gasteiger partial charge < -0.3 is 10.1 Å². The lowest BCUT2D eigenvalue weighted by molar-refractivity contribution is -0.123. The smallest absolute Gasteiger partial charge is 0.341 e. The quantitative estimate of drug-likeness (QED) is 0.689. The second-order valence-electron chi connectivity index (χ2n) is 2.97. The van der Waals surface area contributed by atoms with E-state index in [1.165, 1.54) is 19.2 Å². The molecule has 1 amide bonds. The van der Waals surface area contributed by atoms with E-state index in [2.05, 4.69) is 5.32 Å². The number of nitrogens with one attached hydrogen (secondary N) is 1. The van der Waals surface area contributed by atoms with Crippen LogP contribution >= 0.6 is 34.8 Å². The number of carbonyl (C=O) groups is 2. The van der Waals surface area contributed by atoms with Gasteiger partial charge in [-0.05, 0) is 12.1 Å². The van der Waals surface area contributed by atoms with Crippen LogP contribution in [0.25, 0.3) is 0 Å². The van der Waals surface area contributed by atoms with Crippen molar-refractivity contribution in [1.29, 1.82) is 0 Å². The molecule has 92 valence electrons. The molecule has 0 fully saturated rings. The van der Waals surface area contributed by atoms with E-state index in [0.29, 0.717) is 0 Å². The SMILES string of the molecule is CNC(=O)COC(=O)c1c(Cl)ccc(Cl)c1Cl. The number of amides is 1. The molecule has 7 heteroatoms. The Balaban J connectivity index is 2.89. The van der Waals surface area contributed by atoms with Crippen molar-refractivity contribution in [2.24, 2.45) is 0 Å². The molecule has 1 aromatic rings. The third-order valence-corrected chi connectivity index (χ3v) is 2.98. The van der Waals surface area contributed by atoms with E-state index in [0.717, 1.165) is 0 Å². The molecule has 1 N–H and O–H groups in total. The summed E-state index contributed by atoms with van der Waals surface area (Å²) in [6.07, 6.45) is 0. The minimum atomic E-state index is -0.800. The molecule has 0 aliphatic heterocycles. The van der Waals surface area contributed by atoms with E-state index < -0.39 is 18.5 Å². The van der Waals surface area contributed by atoms with Gasteiger partial charge in [0.1, 0.15) is 0 Å². The van der Waals surface area contributed by atoms with Gasteiger partial charge in [0.2, 0.25) is 0 Å². The Morgan fingerprint density at radius 2 is 1.82 bits per heavy atom. The van der Waals surface area contributed by atoms with Crippen LogP contribution < -0.4 is 5.32 Å². The van der Waals surface area contributed by atoms with Gasteiger partial charge in [-0.15, -0.1) is 0 Å². The van der Waals surface area contributed by atoms with Crippen LogP contribution in [0.15, 0.2) is 12.1 Å². The average molecular weight is 297 g/mol. The maximum absolute atomic E-state index is 11.6. The van der Waals surface area contributed by atoms with Crippen LogP contribution in [0.3, 0.4) is 0 Å². The minimum absolute atomic E-state index is 0.000994. The van der Waals surface area contributed by atoms with Gasteiger partial charge in [0.25, 0.3) is 5.91 Å². The molecule has 0 saturated heterocycles. The van der Waals surface area contributed by atoms with Crippen LogP contribution in [-0.2, 0) is 9.53 Å². The van der Waals surface area contributed by atoms with E-state index in [4.69, 9.17) is 39.5 Å². The van der Waals surface area contributed by atoms with Gasteiger partial charge in [0.15, 0.2) is 6.61 Å². The molecule has 0 atom stereocenters. The van der Waals surface area contributed by atoms with Crippen LogP contribution in [0, 0.1) is 0 Å². The summed E-state index contributed by atoms with van der Waals surface area (Å²) in [5.74, 6) is -1.24. The molecule has 0 spiro atoms.